The summed E-state index contributed by atoms with van der Waals surface area (Å²) in [6, 6.07) is 23.0. The molecule has 2 aromatic heterocycles. The largest absolute Gasteiger partial charge is 0.494 e. The maximum Gasteiger partial charge on any atom is 0.338 e. The van der Waals surface area contributed by atoms with Gasteiger partial charge in [-0.2, -0.15) is 0 Å². The summed E-state index contributed by atoms with van der Waals surface area (Å²) in [6.07, 6.45) is 0. The number of carbonyl (C=O) groups is 2. The Hall–Kier alpha value is -4.26. The summed E-state index contributed by atoms with van der Waals surface area (Å²) in [6.45, 7) is 4.48. The topological polar surface area (TPSA) is 104 Å². The number of esters is 1. The number of hydrogen-bond acceptors (Lipinski definition) is 9. The second kappa shape index (κ2) is 13.1. The Bertz CT molecular complexity index is 1850. The number of anilines is 1. The van der Waals surface area contributed by atoms with Crippen molar-refractivity contribution in [3.63, 3.8) is 0 Å². The molecular formula is C30H26N4O5S3. The number of benzene rings is 3. The van der Waals surface area contributed by atoms with Crippen molar-refractivity contribution in [1.82, 2.24) is 14.1 Å². The molecule has 0 aliphatic carbocycles. The first-order valence-electron chi connectivity index (χ1n) is 13.1. The summed E-state index contributed by atoms with van der Waals surface area (Å²) in [4.78, 5) is 43.5. The van der Waals surface area contributed by atoms with Crippen molar-refractivity contribution in [3.05, 3.63) is 98.7 Å². The zero-order valence-electron chi connectivity index (χ0n) is 22.7. The Morgan fingerprint density at radius 3 is 2.29 bits per heavy atom. The molecule has 0 unspecified atom stereocenters. The molecule has 0 saturated carbocycles. The number of nitrogens with one attached hydrogen (secondary N) is 1. The number of fused-ring (bicyclic) bond motifs is 1. The smallest absolute Gasteiger partial charge is 0.338 e. The Morgan fingerprint density at radius 2 is 1.62 bits per heavy atom. The molecule has 0 aliphatic heterocycles. The maximum absolute atomic E-state index is 13.9. The van der Waals surface area contributed by atoms with Gasteiger partial charge in [-0.05, 0) is 86.7 Å². The predicted octanol–water partition coefficient (Wildman–Crippen LogP) is 6.27. The minimum Gasteiger partial charge on any atom is -0.494 e. The molecule has 12 heteroatoms. The molecule has 2 heterocycles. The van der Waals surface area contributed by atoms with Crippen molar-refractivity contribution < 1.29 is 19.1 Å². The molecule has 5 aromatic rings. The van der Waals surface area contributed by atoms with Gasteiger partial charge in [0.1, 0.15) is 10.4 Å². The van der Waals surface area contributed by atoms with Crippen molar-refractivity contribution in [2.24, 2.45) is 0 Å². The van der Waals surface area contributed by atoms with E-state index >= 15 is 0 Å². The second-order valence-electron chi connectivity index (χ2n) is 8.79. The summed E-state index contributed by atoms with van der Waals surface area (Å²) < 4.78 is 14.7. The average Bonchev–Trinajstić information content (AvgIpc) is 3.33. The van der Waals surface area contributed by atoms with Crippen molar-refractivity contribution in [2.45, 2.75) is 19.0 Å². The van der Waals surface area contributed by atoms with Gasteiger partial charge in [0.15, 0.2) is 14.8 Å². The number of para-hydroxylation sites is 1. The molecule has 42 heavy (non-hydrogen) atoms. The van der Waals surface area contributed by atoms with E-state index in [-0.39, 0.29) is 23.8 Å². The number of thiazole rings is 1. The van der Waals surface area contributed by atoms with E-state index in [9.17, 15) is 14.4 Å². The van der Waals surface area contributed by atoms with Crippen LogP contribution in [0.4, 0.5) is 5.69 Å². The fraction of sp³-hybridized carbons (Fsp3) is 0.167. The lowest BCUT2D eigenvalue weighted by Gasteiger charge is -2.13. The molecule has 0 aliphatic rings. The van der Waals surface area contributed by atoms with Crippen LogP contribution in [0.1, 0.15) is 24.2 Å². The van der Waals surface area contributed by atoms with E-state index in [2.05, 4.69) is 5.32 Å². The first-order valence-corrected chi connectivity index (χ1v) is 15.3. The fourth-order valence-electron chi connectivity index (χ4n) is 4.15. The number of carbonyl (C=O) groups excluding carboxylic acids is 2. The molecule has 0 spiro atoms. The minimum atomic E-state index is -0.426. The third-order valence-electron chi connectivity index (χ3n) is 6.01. The van der Waals surface area contributed by atoms with Gasteiger partial charge < -0.3 is 14.8 Å². The summed E-state index contributed by atoms with van der Waals surface area (Å²) in [5, 5.41) is 3.17. The first-order chi connectivity index (χ1) is 20.4. The lowest BCUT2D eigenvalue weighted by atomic mass is 10.2. The SMILES string of the molecule is CCOC(=O)c1ccc(NC(=O)CSc2nc3c(sc(=S)n3-c3ccc(OCC)cc3)c(=O)n2-c2ccccc2)cc1. The van der Waals surface area contributed by atoms with E-state index in [1.807, 2.05) is 61.5 Å². The second-order valence-corrected chi connectivity index (χ2v) is 11.4. The molecule has 3 aromatic carbocycles. The summed E-state index contributed by atoms with van der Waals surface area (Å²) in [5.74, 6) is -0.0152. The quantitative estimate of drug-likeness (QED) is 0.0845. The van der Waals surface area contributed by atoms with Crippen LogP contribution >= 0.6 is 35.3 Å². The minimum absolute atomic E-state index is 0.0155. The Balaban J connectivity index is 1.47. The molecule has 0 fully saturated rings. The molecule has 214 valence electrons. The van der Waals surface area contributed by atoms with Gasteiger partial charge in [0.05, 0.1) is 30.2 Å². The highest BCUT2D eigenvalue weighted by atomic mass is 32.2. The predicted molar refractivity (Wildman–Crippen MR) is 168 cm³/mol. The molecular weight excluding hydrogens is 593 g/mol. The molecule has 0 bridgehead atoms. The van der Waals surface area contributed by atoms with E-state index in [4.69, 9.17) is 26.7 Å². The van der Waals surface area contributed by atoms with Gasteiger partial charge in [-0.3, -0.25) is 18.7 Å². The standard InChI is InChI=1S/C30H26N4O5S3/c1-3-38-23-16-14-22(15-17-23)33-26-25(42-30(33)40)27(36)34(21-8-6-5-7-9-21)29(32-26)41-18-24(35)31-20-12-10-19(11-13-20)28(37)39-4-2/h5-17H,3-4,18H2,1-2H3,(H,31,35). The molecule has 5 rings (SSSR count). The zero-order chi connectivity index (χ0) is 29.6. The number of ether oxygens (including phenoxy) is 2. The summed E-state index contributed by atoms with van der Waals surface area (Å²) >= 11 is 7.99. The molecule has 1 N–H and O–H groups in total. The van der Waals surface area contributed by atoms with Crippen LogP contribution in [0.5, 0.6) is 5.75 Å². The normalized spacial score (nSPS) is 10.9. The average molecular weight is 619 g/mol. The highest BCUT2D eigenvalue weighted by molar-refractivity contribution is 7.99. The van der Waals surface area contributed by atoms with Crippen LogP contribution in [0.3, 0.4) is 0 Å². The molecule has 9 nitrogen and oxygen atoms in total. The third kappa shape index (κ3) is 6.30. The van der Waals surface area contributed by atoms with Crippen LogP contribution in [0.15, 0.2) is 88.8 Å². The van der Waals surface area contributed by atoms with Crippen LogP contribution in [0, 0.1) is 3.95 Å². The lowest BCUT2D eigenvalue weighted by Crippen LogP contribution is -2.22. The van der Waals surface area contributed by atoms with Crippen molar-refractivity contribution >= 4 is 63.2 Å². The number of nitrogens with zero attached hydrogens (tertiary/aromatic N) is 3. The lowest BCUT2D eigenvalue weighted by molar-refractivity contribution is -0.113. The van der Waals surface area contributed by atoms with Gasteiger partial charge >= 0.3 is 5.97 Å². The Morgan fingerprint density at radius 1 is 0.929 bits per heavy atom. The van der Waals surface area contributed by atoms with E-state index in [1.165, 1.54) is 15.9 Å². The fourth-order valence-corrected chi connectivity index (χ4v) is 6.26. The zero-order valence-corrected chi connectivity index (χ0v) is 25.2. The van der Waals surface area contributed by atoms with Gasteiger partial charge in [-0.25, -0.2) is 9.78 Å². The number of thioether (sulfide) groups is 1. The van der Waals surface area contributed by atoms with E-state index in [0.717, 1.165) is 23.2 Å². The summed E-state index contributed by atoms with van der Waals surface area (Å²) in [5.41, 5.74) is 2.44. The molecule has 0 radical (unpaired) electrons. The molecule has 1 amide bonds. The monoisotopic (exact) mass is 618 g/mol. The number of rotatable bonds is 10. The van der Waals surface area contributed by atoms with Gasteiger partial charge in [0.2, 0.25) is 5.91 Å². The highest BCUT2D eigenvalue weighted by Crippen LogP contribution is 2.28. The highest BCUT2D eigenvalue weighted by Gasteiger charge is 2.20. The number of aromatic nitrogens is 3. The van der Waals surface area contributed by atoms with Gasteiger partial charge in [-0.1, -0.05) is 41.3 Å². The van der Waals surface area contributed by atoms with Crippen LogP contribution in [0.2, 0.25) is 0 Å². The van der Waals surface area contributed by atoms with Crippen LogP contribution in [-0.4, -0.2) is 45.0 Å². The molecule has 0 atom stereocenters. The Kier molecular flexibility index (Phi) is 9.15. The van der Waals surface area contributed by atoms with E-state index in [1.54, 1.807) is 35.8 Å². The maximum atomic E-state index is 13.9. The van der Waals surface area contributed by atoms with Crippen LogP contribution in [0.25, 0.3) is 21.7 Å². The van der Waals surface area contributed by atoms with Crippen LogP contribution in [-0.2, 0) is 9.53 Å². The first kappa shape index (κ1) is 29.2. The summed E-state index contributed by atoms with van der Waals surface area (Å²) in [7, 11) is 0. The van der Waals surface area contributed by atoms with Gasteiger partial charge in [0.25, 0.3) is 5.56 Å². The van der Waals surface area contributed by atoms with Crippen molar-refractivity contribution in [2.75, 3.05) is 24.3 Å². The van der Waals surface area contributed by atoms with Gasteiger partial charge in [0, 0.05) is 11.4 Å². The van der Waals surface area contributed by atoms with Crippen molar-refractivity contribution in [1.29, 1.82) is 0 Å². The Labute approximate surface area is 254 Å². The third-order valence-corrected chi connectivity index (χ3v) is 8.30. The van der Waals surface area contributed by atoms with E-state index < -0.39 is 5.97 Å². The van der Waals surface area contributed by atoms with Crippen LogP contribution < -0.4 is 15.6 Å². The van der Waals surface area contributed by atoms with E-state index in [0.29, 0.717) is 43.0 Å². The van der Waals surface area contributed by atoms with Crippen molar-refractivity contribution in [3.8, 4) is 17.1 Å². The van der Waals surface area contributed by atoms with Gasteiger partial charge in [-0.15, -0.1) is 0 Å². The number of hydrogen-bond donors (Lipinski definition) is 1. The number of amides is 1. The molecule has 0 saturated heterocycles.